The molecule has 182 valence electrons. The first-order valence-electron chi connectivity index (χ1n) is 11.8. The van der Waals surface area contributed by atoms with Gasteiger partial charge in [0.2, 0.25) is 5.95 Å². The number of anilines is 1. The Morgan fingerprint density at radius 2 is 1.97 bits per heavy atom. The number of nitrogens with one attached hydrogen (secondary N) is 1. The van der Waals surface area contributed by atoms with Crippen LogP contribution in [0.2, 0.25) is 0 Å². The second-order valence-corrected chi connectivity index (χ2v) is 9.25. The van der Waals surface area contributed by atoms with E-state index in [-0.39, 0.29) is 19.1 Å². The van der Waals surface area contributed by atoms with E-state index in [0.29, 0.717) is 51.8 Å². The average Bonchev–Trinajstić information content (AvgIpc) is 2.86. The molecule has 10 heteroatoms. The van der Waals surface area contributed by atoms with Gasteiger partial charge in [-0.1, -0.05) is 6.07 Å². The van der Waals surface area contributed by atoms with Gasteiger partial charge in [-0.3, -0.25) is 14.8 Å². The normalized spacial score (nSPS) is 19.0. The summed E-state index contributed by atoms with van der Waals surface area (Å²) in [5.41, 5.74) is 3.29. The lowest BCUT2D eigenvalue weighted by molar-refractivity contribution is -0.00467. The number of alkyl halides is 1. The lowest BCUT2D eigenvalue weighted by Crippen LogP contribution is -2.38. The molecule has 0 spiro atoms. The highest BCUT2D eigenvalue weighted by molar-refractivity contribution is 5.94. The van der Waals surface area contributed by atoms with Crippen molar-refractivity contribution in [1.29, 1.82) is 0 Å². The molecule has 2 aliphatic rings. The van der Waals surface area contributed by atoms with E-state index in [0.717, 1.165) is 25.1 Å². The summed E-state index contributed by atoms with van der Waals surface area (Å²) in [5.74, 6) is 0.392. The molecule has 6 rings (SSSR count). The fraction of sp³-hybridized carbons (Fsp3) is 0.308. The first-order valence-corrected chi connectivity index (χ1v) is 11.8. The fourth-order valence-corrected chi connectivity index (χ4v) is 4.37. The minimum absolute atomic E-state index is 0.0241. The maximum absolute atomic E-state index is 14.9. The molecule has 0 aliphatic carbocycles. The Morgan fingerprint density at radius 3 is 2.81 bits per heavy atom. The van der Waals surface area contributed by atoms with Gasteiger partial charge in [0.05, 0.1) is 49.1 Å². The van der Waals surface area contributed by atoms with Crippen LogP contribution in [-0.2, 0) is 23.6 Å². The largest absolute Gasteiger partial charge is 0.373 e. The highest BCUT2D eigenvalue weighted by Crippen LogP contribution is 2.34. The third-order valence-corrected chi connectivity index (χ3v) is 6.52. The molecule has 4 aromatic rings. The van der Waals surface area contributed by atoms with Crippen molar-refractivity contribution in [2.45, 2.75) is 32.2 Å². The summed E-state index contributed by atoms with van der Waals surface area (Å²) in [4.78, 5) is 37.5. The van der Waals surface area contributed by atoms with Gasteiger partial charge in [0.25, 0.3) is 5.91 Å². The first kappa shape index (κ1) is 22.4. The fourth-order valence-electron chi connectivity index (χ4n) is 4.37. The van der Waals surface area contributed by atoms with Crippen LogP contribution in [0.15, 0.2) is 48.9 Å². The molecule has 9 nitrogen and oxygen atoms in total. The Morgan fingerprint density at radius 1 is 1.08 bits per heavy atom. The molecule has 1 saturated heterocycles. The molecule has 0 saturated carbocycles. The number of fused-ring (bicyclic) bond motifs is 2. The summed E-state index contributed by atoms with van der Waals surface area (Å²) in [6, 6.07) is 8.64. The van der Waals surface area contributed by atoms with Crippen molar-refractivity contribution < 1.29 is 13.9 Å². The van der Waals surface area contributed by atoms with Crippen molar-refractivity contribution in [3.63, 3.8) is 0 Å². The first-order chi connectivity index (χ1) is 17.5. The molecule has 1 fully saturated rings. The smallest absolute Gasteiger partial charge is 0.251 e. The van der Waals surface area contributed by atoms with Crippen molar-refractivity contribution in [3.8, 4) is 11.4 Å². The number of nitrogens with zero attached hydrogens (tertiary/aromatic N) is 6. The molecule has 0 bridgehead atoms. The number of hydrogen-bond donors (Lipinski definition) is 1. The van der Waals surface area contributed by atoms with E-state index in [1.54, 1.807) is 42.9 Å². The van der Waals surface area contributed by atoms with Gasteiger partial charge in [0, 0.05) is 24.8 Å². The van der Waals surface area contributed by atoms with Crippen molar-refractivity contribution in [1.82, 2.24) is 30.2 Å². The predicted octanol–water partition coefficient (Wildman–Crippen LogP) is 3.34. The Hall–Kier alpha value is -4.05. The van der Waals surface area contributed by atoms with Crippen LogP contribution < -0.4 is 10.2 Å². The molecule has 3 aromatic heterocycles. The van der Waals surface area contributed by atoms with E-state index < -0.39 is 5.67 Å². The third-order valence-electron chi connectivity index (χ3n) is 6.52. The average molecular weight is 486 g/mol. The Labute approximate surface area is 206 Å². The predicted molar refractivity (Wildman–Crippen MR) is 131 cm³/mol. The molecule has 1 amide bonds. The topological polar surface area (TPSA) is 106 Å². The van der Waals surface area contributed by atoms with E-state index in [1.165, 1.54) is 6.92 Å². The van der Waals surface area contributed by atoms with E-state index in [1.807, 2.05) is 6.07 Å². The molecule has 2 aliphatic heterocycles. The molecule has 1 atom stereocenters. The van der Waals surface area contributed by atoms with Crippen LogP contribution in [0.3, 0.4) is 0 Å². The summed E-state index contributed by atoms with van der Waals surface area (Å²) in [7, 11) is 0. The summed E-state index contributed by atoms with van der Waals surface area (Å²) >= 11 is 0. The quantitative estimate of drug-likeness (QED) is 0.459. The van der Waals surface area contributed by atoms with Gasteiger partial charge in [-0.15, -0.1) is 0 Å². The van der Waals surface area contributed by atoms with Crippen molar-refractivity contribution in [2.75, 3.05) is 24.6 Å². The summed E-state index contributed by atoms with van der Waals surface area (Å²) in [5, 5.41) is 2.86. The summed E-state index contributed by atoms with van der Waals surface area (Å²) in [6.45, 7) is 3.90. The number of carbonyl (C=O) groups is 1. The van der Waals surface area contributed by atoms with Gasteiger partial charge in [-0.2, -0.15) is 0 Å². The van der Waals surface area contributed by atoms with E-state index in [2.05, 4.69) is 30.2 Å². The second-order valence-electron chi connectivity index (χ2n) is 9.25. The Bertz CT molecular complexity index is 1470. The number of halogens is 1. The van der Waals surface area contributed by atoms with Crippen molar-refractivity contribution in [2.24, 2.45) is 0 Å². The second kappa shape index (κ2) is 8.87. The van der Waals surface area contributed by atoms with Crippen molar-refractivity contribution >= 4 is 22.9 Å². The van der Waals surface area contributed by atoms with Crippen molar-refractivity contribution in [3.05, 3.63) is 71.3 Å². The lowest BCUT2D eigenvalue weighted by atomic mass is 9.90. The monoisotopic (exact) mass is 485 g/mol. The third kappa shape index (κ3) is 4.24. The highest BCUT2D eigenvalue weighted by atomic mass is 19.1. The number of ether oxygens (including phenoxy) is 1. The number of hydrogen-bond acceptors (Lipinski definition) is 8. The minimum Gasteiger partial charge on any atom is -0.373 e. The van der Waals surface area contributed by atoms with Gasteiger partial charge >= 0.3 is 0 Å². The van der Waals surface area contributed by atoms with Crippen LogP contribution in [0.1, 0.15) is 40.5 Å². The molecule has 1 aromatic carbocycles. The molecule has 0 unspecified atom stereocenters. The van der Waals surface area contributed by atoms with Crippen LogP contribution in [0.25, 0.3) is 22.4 Å². The summed E-state index contributed by atoms with van der Waals surface area (Å²) in [6.07, 6.45) is 6.18. The maximum atomic E-state index is 14.9. The van der Waals surface area contributed by atoms with Gasteiger partial charge in [-0.05, 0) is 48.7 Å². The SMILES string of the molecule is C[C@@]1(F)COCc2ccc(C(=O)NCc3cc4nc(-c5ccnc(N6CCC6)n5)cnc4cn3)cc21. The molecular weight excluding hydrogens is 461 g/mol. The number of carbonyl (C=O) groups excluding carboxylic acids is 1. The van der Waals surface area contributed by atoms with Crippen LogP contribution in [-0.4, -0.2) is 50.5 Å². The minimum atomic E-state index is -1.63. The van der Waals surface area contributed by atoms with Crippen LogP contribution >= 0.6 is 0 Å². The van der Waals surface area contributed by atoms with Crippen LogP contribution in [0, 0.1) is 0 Å². The summed E-state index contributed by atoms with van der Waals surface area (Å²) < 4.78 is 20.2. The molecule has 5 heterocycles. The molecule has 36 heavy (non-hydrogen) atoms. The Balaban J connectivity index is 1.20. The number of aromatic nitrogens is 5. The number of amides is 1. The van der Waals surface area contributed by atoms with E-state index in [4.69, 9.17) is 9.72 Å². The highest BCUT2D eigenvalue weighted by Gasteiger charge is 2.33. The Kier molecular flexibility index (Phi) is 5.52. The zero-order chi connectivity index (χ0) is 24.7. The molecular formula is C26H24FN7O2. The van der Waals surface area contributed by atoms with Gasteiger partial charge < -0.3 is 15.0 Å². The standard InChI is InChI=1S/C26H24FN7O2/c1-26(27)15-36-14-17-4-3-16(9-19(17)26)24(35)31-11-18-10-21-22(12-29-18)30-13-23(32-21)20-5-6-28-25(33-20)34-7-2-8-34/h3-6,9-10,12-13H,2,7-8,11,14-15H2,1H3,(H,31,35)/t26-/m1/s1. The number of benzene rings is 1. The molecule has 0 radical (unpaired) electrons. The number of pyridine rings is 1. The van der Waals surface area contributed by atoms with Gasteiger partial charge in [0.15, 0.2) is 5.67 Å². The zero-order valence-corrected chi connectivity index (χ0v) is 19.7. The molecule has 1 N–H and O–H groups in total. The lowest BCUT2D eigenvalue weighted by Gasteiger charge is -2.30. The van der Waals surface area contributed by atoms with E-state index >= 15 is 0 Å². The number of rotatable bonds is 5. The van der Waals surface area contributed by atoms with Crippen LogP contribution in [0.5, 0.6) is 0 Å². The maximum Gasteiger partial charge on any atom is 0.251 e. The van der Waals surface area contributed by atoms with Crippen LogP contribution in [0.4, 0.5) is 10.3 Å². The zero-order valence-electron chi connectivity index (χ0n) is 19.7. The van der Waals surface area contributed by atoms with Gasteiger partial charge in [0.1, 0.15) is 11.2 Å². The van der Waals surface area contributed by atoms with Gasteiger partial charge in [-0.25, -0.2) is 19.3 Å². The van der Waals surface area contributed by atoms with E-state index in [9.17, 15) is 9.18 Å².